The normalized spacial score (nSPS) is 10.9. The summed E-state index contributed by atoms with van der Waals surface area (Å²) >= 11 is 1.33. The van der Waals surface area contributed by atoms with Crippen LogP contribution in [0.4, 0.5) is 5.69 Å². The second kappa shape index (κ2) is 9.27. The quantitative estimate of drug-likeness (QED) is 0.334. The third kappa shape index (κ3) is 4.38. The van der Waals surface area contributed by atoms with Crippen molar-refractivity contribution in [1.82, 2.24) is 19.7 Å². The molecule has 9 heteroatoms. The Labute approximate surface area is 190 Å². The molecule has 0 aliphatic rings. The van der Waals surface area contributed by atoms with Crippen molar-refractivity contribution < 1.29 is 14.3 Å². The number of fused-ring (bicyclic) bond motifs is 1. The Balaban J connectivity index is 1.53. The molecule has 2 aromatic heterocycles. The van der Waals surface area contributed by atoms with Crippen molar-refractivity contribution in [3.8, 4) is 17.2 Å². The summed E-state index contributed by atoms with van der Waals surface area (Å²) in [5.41, 5.74) is 4.50. The Kier molecular flexibility index (Phi) is 6.27. The van der Waals surface area contributed by atoms with Gasteiger partial charge in [0, 0.05) is 6.07 Å². The fourth-order valence-electron chi connectivity index (χ4n) is 3.39. The van der Waals surface area contributed by atoms with E-state index >= 15 is 0 Å². The van der Waals surface area contributed by atoms with E-state index in [4.69, 9.17) is 9.47 Å². The van der Waals surface area contributed by atoms with Crippen LogP contribution in [0.5, 0.6) is 11.5 Å². The first-order valence-electron chi connectivity index (χ1n) is 9.91. The van der Waals surface area contributed by atoms with Gasteiger partial charge in [0.15, 0.2) is 5.65 Å². The summed E-state index contributed by atoms with van der Waals surface area (Å²) in [5.74, 6) is 1.17. The van der Waals surface area contributed by atoms with Crippen LogP contribution in [-0.2, 0) is 4.79 Å². The molecule has 32 heavy (non-hydrogen) atoms. The lowest BCUT2D eigenvalue weighted by Crippen LogP contribution is -2.15. The largest absolute Gasteiger partial charge is 0.497 e. The number of thioether (sulfide) groups is 1. The highest BCUT2D eigenvalue weighted by atomic mass is 32.2. The minimum Gasteiger partial charge on any atom is -0.497 e. The Hall–Kier alpha value is -3.59. The van der Waals surface area contributed by atoms with E-state index in [1.165, 1.54) is 23.7 Å². The first kappa shape index (κ1) is 21.6. The number of aryl methyl sites for hydroxylation is 2. The lowest BCUT2D eigenvalue weighted by molar-refractivity contribution is -0.113. The number of rotatable bonds is 7. The van der Waals surface area contributed by atoms with E-state index in [0.29, 0.717) is 27.9 Å². The topological polar surface area (TPSA) is 91.2 Å². The summed E-state index contributed by atoms with van der Waals surface area (Å²) in [6.07, 6.45) is 3.23. The van der Waals surface area contributed by atoms with Crippen LogP contribution in [0.1, 0.15) is 11.1 Å². The zero-order valence-electron chi connectivity index (χ0n) is 18.2. The average Bonchev–Trinajstić information content (AvgIpc) is 3.22. The smallest absolute Gasteiger partial charge is 0.234 e. The lowest BCUT2D eigenvalue weighted by Gasteiger charge is -2.11. The summed E-state index contributed by atoms with van der Waals surface area (Å²) in [6, 6.07) is 11.4. The zero-order chi connectivity index (χ0) is 22.7. The average molecular weight is 450 g/mol. The van der Waals surface area contributed by atoms with Crippen LogP contribution in [0, 0.1) is 13.8 Å². The summed E-state index contributed by atoms with van der Waals surface area (Å²) in [6.45, 7) is 4.10. The third-order valence-electron chi connectivity index (χ3n) is 4.93. The van der Waals surface area contributed by atoms with E-state index in [9.17, 15) is 4.79 Å². The van der Waals surface area contributed by atoms with E-state index in [1.807, 2.05) is 19.1 Å². The third-order valence-corrected chi connectivity index (χ3v) is 5.94. The van der Waals surface area contributed by atoms with E-state index in [2.05, 4.69) is 33.4 Å². The molecule has 0 aliphatic carbocycles. The van der Waals surface area contributed by atoms with E-state index < -0.39 is 0 Å². The summed E-state index contributed by atoms with van der Waals surface area (Å²) in [5, 5.41) is 8.88. The number of anilines is 1. The minimum absolute atomic E-state index is 0.168. The number of benzene rings is 2. The van der Waals surface area contributed by atoms with Gasteiger partial charge in [-0.2, -0.15) is 5.10 Å². The van der Waals surface area contributed by atoms with Crippen molar-refractivity contribution in [3.63, 3.8) is 0 Å². The second-order valence-electron chi connectivity index (χ2n) is 7.17. The molecule has 2 heterocycles. The molecular formula is C23H23N5O3S. The molecule has 4 rings (SSSR count). The van der Waals surface area contributed by atoms with Gasteiger partial charge >= 0.3 is 0 Å². The Bertz CT molecular complexity index is 1290. The van der Waals surface area contributed by atoms with Crippen LogP contribution < -0.4 is 14.8 Å². The molecule has 164 valence electrons. The molecule has 0 bridgehead atoms. The van der Waals surface area contributed by atoms with E-state index in [-0.39, 0.29) is 11.7 Å². The van der Waals surface area contributed by atoms with Gasteiger partial charge in [-0.05, 0) is 37.6 Å². The Morgan fingerprint density at radius 2 is 1.94 bits per heavy atom. The molecule has 4 aromatic rings. The van der Waals surface area contributed by atoms with E-state index in [0.717, 1.165) is 16.6 Å². The fraction of sp³-hybridized carbons (Fsp3) is 0.217. The van der Waals surface area contributed by atoms with E-state index in [1.54, 1.807) is 43.3 Å². The summed E-state index contributed by atoms with van der Waals surface area (Å²) in [4.78, 5) is 21.4. The monoisotopic (exact) mass is 449 g/mol. The maximum Gasteiger partial charge on any atom is 0.234 e. The van der Waals surface area contributed by atoms with Crippen LogP contribution in [0.2, 0.25) is 0 Å². The van der Waals surface area contributed by atoms with Crippen LogP contribution in [0.15, 0.2) is 53.9 Å². The number of carbonyl (C=O) groups excluding carboxylic acids is 1. The van der Waals surface area contributed by atoms with Crippen LogP contribution in [0.3, 0.4) is 0 Å². The molecule has 0 saturated carbocycles. The highest BCUT2D eigenvalue weighted by molar-refractivity contribution is 8.00. The molecule has 0 saturated heterocycles. The van der Waals surface area contributed by atoms with Crippen molar-refractivity contribution in [2.45, 2.75) is 18.9 Å². The first-order chi connectivity index (χ1) is 15.5. The predicted octanol–water partition coefficient (Wildman–Crippen LogP) is 4.18. The molecule has 0 spiro atoms. The van der Waals surface area contributed by atoms with Gasteiger partial charge in [-0.3, -0.25) is 4.79 Å². The number of aromatic nitrogens is 4. The van der Waals surface area contributed by atoms with Gasteiger partial charge in [0.25, 0.3) is 0 Å². The van der Waals surface area contributed by atoms with Gasteiger partial charge in [0.05, 0.1) is 42.9 Å². The second-order valence-corrected chi connectivity index (χ2v) is 8.13. The maximum absolute atomic E-state index is 12.6. The molecule has 2 aromatic carbocycles. The van der Waals surface area contributed by atoms with Gasteiger partial charge in [0.1, 0.15) is 22.9 Å². The van der Waals surface area contributed by atoms with Crippen molar-refractivity contribution in [2.75, 3.05) is 25.3 Å². The zero-order valence-corrected chi connectivity index (χ0v) is 19.1. The minimum atomic E-state index is -0.185. The number of amides is 1. The highest BCUT2D eigenvalue weighted by Crippen LogP contribution is 2.30. The number of ether oxygens (including phenoxy) is 2. The SMILES string of the molecule is COc1ccc(OC)c(NC(=O)CSc2ncnc3c2cnn3-c2ccc(C)cc2C)c1. The van der Waals surface area contributed by atoms with Gasteiger partial charge in [-0.1, -0.05) is 29.5 Å². The molecule has 0 fully saturated rings. The first-order valence-corrected chi connectivity index (χ1v) is 10.9. The number of nitrogens with zero attached hydrogens (tertiary/aromatic N) is 4. The van der Waals surface area contributed by atoms with Crippen LogP contribution in [-0.4, -0.2) is 45.6 Å². The molecule has 8 nitrogen and oxygen atoms in total. The van der Waals surface area contributed by atoms with Crippen molar-refractivity contribution in [2.24, 2.45) is 0 Å². The predicted molar refractivity (Wildman–Crippen MR) is 125 cm³/mol. The molecule has 0 unspecified atom stereocenters. The molecular weight excluding hydrogens is 426 g/mol. The van der Waals surface area contributed by atoms with Crippen molar-refractivity contribution in [3.05, 3.63) is 60.0 Å². The molecule has 1 N–H and O–H groups in total. The molecule has 1 amide bonds. The van der Waals surface area contributed by atoms with Gasteiger partial charge in [-0.25, -0.2) is 14.6 Å². The number of hydrogen-bond acceptors (Lipinski definition) is 7. The molecule has 0 radical (unpaired) electrons. The highest BCUT2D eigenvalue weighted by Gasteiger charge is 2.15. The molecule has 0 aliphatic heterocycles. The fourth-order valence-corrected chi connectivity index (χ4v) is 4.15. The van der Waals surface area contributed by atoms with Crippen LogP contribution in [0.25, 0.3) is 16.7 Å². The summed E-state index contributed by atoms with van der Waals surface area (Å²) < 4.78 is 12.4. The Morgan fingerprint density at radius 1 is 1.09 bits per heavy atom. The van der Waals surface area contributed by atoms with Gasteiger partial charge in [0.2, 0.25) is 5.91 Å². The lowest BCUT2D eigenvalue weighted by atomic mass is 10.1. The van der Waals surface area contributed by atoms with Crippen LogP contribution >= 0.6 is 11.8 Å². The number of nitrogens with one attached hydrogen (secondary N) is 1. The van der Waals surface area contributed by atoms with Gasteiger partial charge < -0.3 is 14.8 Å². The standard InChI is InChI=1S/C23H23N5O3S/c1-14-5-7-19(15(2)9-14)28-22-17(11-26-28)23(25-13-24-22)32-12-21(29)27-18-10-16(30-3)6-8-20(18)31-4/h5-11,13H,12H2,1-4H3,(H,27,29). The maximum atomic E-state index is 12.6. The Morgan fingerprint density at radius 3 is 2.69 bits per heavy atom. The van der Waals surface area contributed by atoms with Gasteiger partial charge in [-0.15, -0.1) is 0 Å². The number of hydrogen-bond donors (Lipinski definition) is 1. The number of carbonyl (C=O) groups is 1. The summed E-state index contributed by atoms with van der Waals surface area (Å²) in [7, 11) is 3.12. The molecule has 0 atom stereocenters. The number of methoxy groups -OCH3 is 2. The van der Waals surface area contributed by atoms with Crippen molar-refractivity contribution in [1.29, 1.82) is 0 Å². The van der Waals surface area contributed by atoms with Crippen molar-refractivity contribution >= 4 is 34.4 Å².